The van der Waals surface area contributed by atoms with Crippen molar-refractivity contribution in [2.24, 2.45) is 5.73 Å². The van der Waals surface area contributed by atoms with E-state index in [1.54, 1.807) is 0 Å². The van der Waals surface area contributed by atoms with E-state index in [1.807, 2.05) is 30.3 Å². The lowest BCUT2D eigenvalue weighted by Crippen LogP contribution is -2.38. The van der Waals surface area contributed by atoms with E-state index in [2.05, 4.69) is 0 Å². The number of rotatable bonds is 4. The Morgan fingerprint density at radius 2 is 2.08 bits per heavy atom. The van der Waals surface area contributed by atoms with Crippen LogP contribution in [-0.2, 0) is 11.2 Å². The van der Waals surface area contributed by atoms with Crippen LogP contribution < -0.4 is 11.3 Å². The van der Waals surface area contributed by atoms with Crippen LogP contribution in [0.1, 0.15) is 5.56 Å². The van der Waals surface area contributed by atoms with E-state index in [0.717, 1.165) is 5.56 Å². The van der Waals surface area contributed by atoms with Gasteiger partial charge in [0.15, 0.2) is 0 Å². The van der Waals surface area contributed by atoms with Gasteiger partial charge in [-0.2, -0.15) is 0 Å². The number of primary amides is 1. The van der Waals surface area contributed by atoms with Crippen LogP contribution in [0.25, 0.3) is 0 Å². The Labute approximate surface area is 75.7 Å². The Balaban J connectivity index is 2.62. The minimum Gasteiger partial charge on any atom is -0.368 e. The van der Waals surface area contributed by atoms with Crippen molar-refractivity contribution in [3.8, 4) is 0 Å². The summed E-state index contributed by atoms with van der Waals surface area (Å²) in [5.74, 6) is -0.689. The lowest BCUT2D eigenvalue weighted by molar-refractivity contribution is -0.121. The first-order valence-corrected chi connectivity index (χ1v) is 3.93. The molecule has 0 aliphatic carbocycles. The third kappa shape index (κ3) is 2.83. The summed E-state index contributed by atoms with van der Waals surface area (Å²) in [6.07, 6.45) is 0.271. The van der Waals surface area contributed by atoms with E-state index in [0.29, 0.717) is 0 Å². The smallest absolute Gasteiger partial charge is 0.237 e. The Kier molecular flexibility index (Phi) is 3.40. The van der Waals surface area contributed by atoms with Crippen molar-refractivity contribution in [3.05, 3.63) is 35.9 Å². The van der Waals surface area contributed by atoms with Crippen molar-refractivity contribution in [3.63, 3.8) is 0 Å². The molecule has 13 heavy (non-hydrogen) atoms. The second-order valence-electron chi connectivity index (χ2n) is 2.75. The first-order valence-electron chi connectivity index (χ1n) is 3.93. The standard InChI is InChI=1S/C9H11FN2O/c10-12-8(9(11)13)6-7-4-2-1-3-5-7/h1-5,8,12H,6H2,(H2,11,13). The molecule has 1 aromatic rings. The number of hydrogen-bond donors (Lipinski definition) is 2. The van der Waals surface area contributed by atoms with Crippen LogP contribution >= 0.6 is 0 Å². The fourth-order valence-electron chi connectivity index (χ4n) is 1.04. The number of benzene rings is 1. The fraction of sp³-hybridized carbons (Fsp3) is 0.222. The van der Waals surface area contributed by atoms with Gasteiger partial charge in [0.25, 0.3) is 0 Å². The molecule has 0 aromatic heterocycles. The van der Waals surface area contributed by atoms with E-state index in [-0.39, 0.29) is 6.42 Å². The highest BCUT2D eigenvalue weighted by Gasteiger charge is 2.14. The Morgan fingerprint density at radius 3 is 2.54 bits per heavy atom. The summed E-state index contributed by atoms with van der Waals surface area (Å²) < 4.78 is 12.0. The minimum atomic E-state index is -0.942. The summed E-state index contributed by atoms with van der Waals surface area (Å²) in [6.45, 7) is 0. The van der Waals surface area contributed by atoms with E-state index in [9.17, 15) is 9.28 Å². The number of carbonyl (C=O) groups is 1. The van der Waals surface area contributed by atoms with Gasteiger partial charge in [-0.1, -0.05) is 30.3 Å². The number of nitrogens with two attached hydrogens (primary N) is 1. The fourth-order valence-corrected chi connectivity index (χ4v) is 1.04. The van der Waals surface area contributed by atoms with Crippen molar-refractivity contribution < 1.29 is 9.28 Å². The molecule has 0 bridgehead atoms. The van der Waals surface area contributed by atoms with Gasteiger partial charge in [-0.25, -0.2) is 0 Å². The molecule has 1 amide bonds. The highest BCUT2D eigenvalue weighted by molar-refractivity contribution is 5.80. The number of halogens is 1. The Morgan fingerprint density at radius 1 is 1.46 bits per heavy atom. The molecule has 1 atom stereocenters. The van der Waals surface area contributed by atoms with Gasteiger partial charge in [-0.15, -0.1) is 10.0 Å². The summed E-state index contributed by atoms with van der Waals surface area (Å²) in [4.78, 5) is 10.7. The van der Waals surface area contributed by atoms with Gasteiger partial charge in [0, 0.05) is 0 Å². The molecular weight excluding hydrogens is 171 g/mol. The molecule has 1 unspecified atom stereocenters. The molecule has 0 spiro atoms. The highest BCUT2D eigenvalue weighted by atomic mass is 19.2. The topological polar surface area (TPSA) is 55.1 Å². The molecule has 3 nitrogen and oxygen atoms in total. The molecule has 0 aliphatic heterocycles. The van der Waals surface area contributed by atoms with Gasteiger partial charge in [-0.3, -0.25) is 4.79 Å². The number of hydrogen-bond acceptors (Lipinski definition) is 2. The SMILES string of the molecule is NC(=O)C(Cc1ccccc1)NF. The molecule has 0 heterocycles. The Hall–Kier alpha value is -1.42. The Bertz CT molecular complexity index is 276. The number of carbonyl (C=O) groups excluding carboxylic acids is 1. The summed E-state index contributed by atoms with van der Waals surface area (Å²) >= 11 is 0. The second kappa shape index (κ2) is 4.57. The zero-order valence-corrected chi connectivity index (χ0v) is 7.03. The van der Waals surface area contributed by atoms with Crippen LogP contribution in [0.3, 0.4) is 0 Å². The molecule has 0 aliphatic rings. The van der Waals surface area contributed by atoms with E-state index in [1.165, 1.54) is 5.54 Å². The molecule has 0 radical (unpaired) electrons. The largest absolute Gasteiger partial charge is 0.368 e. The van der Waals surface area contributed by atoms with Crippen molar-refractivity contribution in [1.29, 1.82) is 0 Å². The average molecular weight is 182 g/mol. The number of nitrogens with one attached hydrogen (secondary N) is 1. The van der Waals surface area contributed by atoms with Crippen LogP contribution in [-0.4, -0.2) is 11.9 Å². The molecule has 1 rings (SSSR count). The normalized spacial score (nSPS) is 12.4. The third-order valence-electron chi connectivity index (χ3n) is 1.76. The van der Waals surface area contributed by atoms with Crippen LogP contribution in [0.4, 0.5) is 4.48 Å². The molecule has 0 fully saturated rings. The zero-order chi connectivity index (χ0) is 9.68. The zero-order valence-electron chi connectivity index (χ0n) is 7.03. The predicted octanol–water partition coefficient (Wildman–Crippen LogP) is 0.557. The molecule has 70 valence electrons. The quantitative estimate of drug-likeness (QED) is 0.668. The summed E-state index contributed by atoms with van der Waals surface area (Å²) in [7, 11) is 0. The third-order valence-corrected chi connectivity index (χ3v) is 1.76. The van der Waals surface area contributed by atoms with Gasteiger partial charge >= 0.3 is 0 Å². The first-order chi connectivity index (χ1) is 6.24. The monoisotopic (exact) mass is 182 g/mol. The minimum absolute atomic E-state index is 0.271. The van der Waals surface area contributed by atoms with Crippen LogP contribution in [0.15, 0.2) is 30.3 Å². The second-order valence-corrected chi connectivity index (χ2v) is 2.75. The van der Waals surface area contributed by atoms with Crippen molar-refractivity contribution in [2.45, 2.75) is 12.5 Å². The van der Waals surface area contributed by atoms with Crippen molar-refractivity contribution in [2.75, 3.05) is 0 Å². The van der Waals surface area contributed by atoms with Crippen LogP contribution in [0, 0.1) is 0 Å². The lowest BCUT2D eigenvalue weighted by Gasteiger charge is -2.08. The van der Waals surface area contributed by atoms with Gasteiger partial charge < -0.3 is 5.73 Å². The highest BCUT2D eigenvalue weighted by Crippen LogP contribution is 2.02. The summed E-state index contributed by atoms with van der Waals surface area (Å²) in [5.41, 5.74) is 7.20. The van der Waals surface area contributed by atoms with Crippen molar-refractivity contribution in [1.82, 2.24) is 5.54 Å². The van der Waals surface area contributed by atoms with E-state index in [4.69, 9.17) is 5.73 Å². The first kappa shape index (κ1) is 9.67. The summed E-state index contributed by atoms with van der Waals surface area (Å²) in [5, 5.41) is 0. The van der Waals surface area contributed by atoms with Gasteiger partial charge in [0.2, 0.25) is 5.91 Å². The maximum absolute atomic E-state index is 12.0. The van der Waals surface area contributed by atoms with E-state index < -0.39 is 11.9 Å². The average Bonchev–Trinajstić information content (AvgIpc) is 2.15. The molecular formula is C9H11FN2O. The van der Waals surface area contributed by atoms with E-state index >= 15 is 0 Å². The molecule has 1 aromatic carbocycles. The van der Waals surface area contributed by atoms with Crippen molar-refractivity contribution >= 4 is 5.91 Å². The maximum atomic E-state index is 12.0. The van der Waals surface area contributed by atoms with Crippen LogP contribution in [0.5, 0.6) is 0 Å². The predicted molar refractivity (Wildman–Crippen MR) is 47.4 cm³/mol. The number of amides is 1. The lowest BCUT2D eigenvalue weighted by atomic mass is 10.1. The van der Waals surface area contributed by atoms with Gasteiger partial charge in [0.1, 0.15) is 6.04 Å². The van der Waals surface area contributed by atoms with Gasteiger partial charge in [-0.05, 0) is 12.0 Å². The molecule has 0 saturated carbocycles. The summed E-state index contributed by atoms with van der Waals surface area (Å²) in [6, 6.07) is 8.19. The molecule has 3 N–H and O–H groups in total. The molecule has 4 heteroatoms. The maximum Gasteiger partial charge on any atom is 0.237 e. The van der Waals surface area contributed by atoms with Crippen LogP contribution in [0.2, 0.25) is 0 Å². The molecule has 0 saturated heterocycles. The van der Waals surface area contributed by atoms with Gasteiger partial charge in [0.05, 0.1) is 0 Å².